The zero-order chi connectivity index (χ0) is 16.2. The van der Waals surface area contributed by atoms with Crippen molar-refractivity contribution in [3.8, 4) is 17.1 Å². The summed E-state index contributed by atoms with van der Waals surface area (Å²) in [6.45, 7) is 0. The molecule has 1 heterocycles. The molecule has 0 saturated heterocycles. The van der Waals surface area contributed by atoms with Crippen LogP contribution in [0.4, 0.5) is 11.6 Å². The summed E-state index contributed by atoms with van der Waals surface area (Å²) in [7, 11) is 0. The van der Waals surface area contributed by atoms with Crippen molar-refractivity contribution < 1.29 is 9.52 Å². The zero-order valence-corrected chi connectivity index (χ0v) is 13.5. The molecule has 0 amide bonds. The molecule has 0 fully saturated rings. The highest BCUT2D eigenvalue weighted by atomic mass is 35.5. The van der Waals surface area contributed by atoms with Crippen molar-refractivity contribution in [1.29, 1.82) is 0 Å². The quantitative estimate of drug-likeness (QED) is 0.576. The Hall–Kier alpha value is -2.50. The van der Waals surface area contributed by atoms with Crippen LogP contribution in [0.25, 0.3) is 11.3 Å². The summed E-state index contributed by atoms with van der Waals surface area (Å²) in [5.41, 5.74) is 1.65. The van der Waals surface area contributed by atoms with Crippen LogP contribution >= 0.6 is 23.8 Å². The van der Waals surface area contributed by atoms with E-state index >= 15 is 0 Å². The van der Waals surface area contributed by atoms with E-state index in [1.165, 1.54) is 6.07 Å². The Labute approximate surface area is 143 Å². The van der Waals surface area contributed by atoms with Crippen LogP contribution in [0.1, 0.15) is 0 Å². The summed E-state index contributed by atoms with van der Waals surface area (Å²) < 4.78 is 5.62. The maximum Gasteiger partial charge on any atom is 0.242 e. The summed E-state index contributed by atoms with van der Waals surface area (Å²) in [6, 6.07) is 18.1. The highest BCUT2D eigenvalue weighted by Crippen LogP contribution is 2.34. The molecule has 0 aliphatic heterocycles. The molecule has 3 N–H and O–H groups in total. The average molecular weight is 345 g/mol. The SMILES string of the molecule is Oc1cc(-c2ccc(Cl)cc2)oc1NC(=S)Nc1ccccc1. The van der Waals surface area contributed by atoms with Gasteiger partial charge in [-0.05, 0) is 48.6 Å². The number of thiocarbonyl (C=S) groups is 1. The summed E-state index contributed by atoms with van der Waals surface area (Å²) >= 11 is 11.1. The Balaban J connectivity index is 1.73. The lowest BCUT2D eigenvalue weighted by Gasteiger charge is -2.08. The standard InChI is InChI=1S/C17H13ClN2O2S/c18-12-8-6-11(7-9-12)15-10-14(21)16(22-15)20-17(23)19-13-4-2-1-3-5-13/h1-10,21H,(H2,19,20,23). The summed E-state index contributed by atoms with van der Waals surface area (Å²) in [5, 5.41) is 16.8. The number of aromatic hydroxyl groups is 1. The third kappa shape index (κ3) is 3.83. The summed E-state index contributed by atoms with van der Waals surface area (Å²) in [6.07, 6.45) is 0. The molecule has 116 valence electrons. The van der Waals surface area contributed by atoms with Crippen molar-refractivity contribution in [2.75, 3.05) is 10.6 Å². The predicted octanol–water partition coefficient (Wildman–Crippen LogP) is 5.11. The van der Waals surface area contributed by atoms with Crippen molar-refractivity contribution in [2.45, 2.75) is 0 Å². The summed E-state index contributed by atoms with van der Waals surface area (Å²) in [5.74, 6) is 0.680. The van der Waals surface area contributed by atoms with Gasteiger partial charge in [-0.25, -0.2) is 0 Å². The molecule has 4 nitrogen and oxygen atoms in total. The molecule has 0 spiro atoms. The Kier molecular flexibility index (Phi) is 4.50. The second-order valence-electron chi connectivity index (χ2n) is 4.78. The average Bonchev–Trinajstić information content (AvgIpc) is 2.90. The zero-order valence-electron chi connectivity index (χ0n) is 11.9. The molecule has 1 aromatic heterocycles. The molecule has 0 radical (unpaired) electrons. The van der Waals surface area contributed by atoms with E-state index in [0.717, 1.165) is 11.3 Å². The molecule has 6 heteroatoms. The van der Waals surface area contributed by atoms with Gasteiger partial charge in [-0.3, -0.25) is 5.32 Å². The van der Waals surface area contributed by atoms with E-state index in [1.54, 1.807) is 12.1 Å². The van der Waals surface area contributed by atoms with Gasteiger partial charge in [-0.15, -0.1) is 0 Å². The first-order valence-corrected chi connectivity index (χ1v) is 7.62. The fourth-order valence-electron chi connectivity index (χ4n) is 2.01. The monoisotopic (exact) mass is 344 g/mol. The van der Waals surface area contributed by atoms with Crippen molar-refractivity contribution in [2.24, 2.45) is 0 Å². The smallest absolute Gasteiger partial charge is 0.242 e. The number of hydrogen-bond acceptors (Lipinski definition) is 3. The van der Waals surface area contributed by atoms with Crippen LogP contribution in [-0.2, 0) is 0 Å². The number of halogens is 1. The fraction of sp³-hybridized carbons (Fsp3) is 0. The first-order valence-electron chi connectivity index (χ1n) is 6.83. The van der Waals surface area contributed by atoms with Gasteiger partial charge in [-0.2, -0.15) is 0 Å². The van der Waals surface area contributed by atoms with E-state index in [1.807, 2.05) is 42.5 Å². The molecule has 0 atom stereocenters. The normalized spacial score (nSPS) is 10.3. The fourth-order valence-corrected chi connectivity index (χ4v) is 2.35. The van der Waals surface area contributed by atoms with Gasteiger partial charge in [0.2, 0.25) is 5.88 Å². The molecular weight excluding hydrogens is 332 g/mol. The molecule has 0 unspecified atom stereocenters. The third-order valence-corrected chi connectivity index (χ3v) is 3.56. The van der Waals surface area contributed by atoms with E-state index in [0.29, 0.717) is 15.9 Å². The van der Waals surface area contributed by atoms with E-state index < -0.39 is 0 Å². The number of benzene rings is 2. The van der Waals surface area contributed by atoms with E-state index in [-0.39, 0.29) is 11.6 Å². The predicted molar refractivity (Wildman–Crippen MR) is 97.1 cm³/mol. The first-order chi connectivity index (χ1) is 11.1. The minimum absolute atomic E-state index is 0.0211. The van der Waals surface area contributed by atoms with Crippen molar-refractivity contribution in [3.63, 3.8) is 0 Å². The second kappa shape index (κ2) is 6.73. The van der Waals surface area contributed by atoms with Crippen molar-refractivity contribution in [3.05, 3.63) is 65.7 Å². The topological polar surface area (TPSA) is 57.4 Å². The maximum absolute atomic E-state index is 9.99. The number of hydrogen-bond donors (Lipinski definition) is 3. The molecule has 0 bridgehead atoms. The van der Waals surface area contributed by atoms with E-state index in [9.17, 15) is 5.11 Å². The highest BCUT2D eigenvalue weighted by molar-refractivity contribution is 7.80. The number of anilines is 2. The molecule has 0 aliphatic carbocycles. The number of furan rings is 1. The molecule has 2 aromatic carbocycles. The largest absolute Gasteiger partial charge is 0.503 e. The number of rotatable bonds is 3. The Morgan fingerprint density at radius 1 is 1.00 bits per heavy atom. The van der Waals surface area contributed by atoms with Gasteiger partial charge >= 0.3 is 0 Å². The van der Waals surface area contributed by atoms with Gasteiger partial charge < -0.3 is 14.8 Å². The van der Waals surface area contributed by atoms with Gasteiger partial charge in [0, 0.05) is 22.3 Å². The third-order valence-electron chi connectivity index (χ3n) is 3.10. The maximum atomic E-state index is 9.99. The van der Waals surface area contributed by atoms with Gasteiger partial charge in [0.15, 0.2) is 10.9 Å². The molecule has 3 rings (SSSR count). The van der Waals surface area contributed by atoms with Crippen LogP contribution in [-0.4, -0.2) is 10.2 Å². The molecule has 23 heavy (non-hydrogen) atoms. The lowest BCUT2D eigenvalue weighted by Crippen LogP contribution is -2.18. The molecule has 3 aromatic rings. The van der Waals surface area contributed by atoms with Crippen molar-refractivity contribution >= 4 is 40.5 Å². The van der Waals surface area contributed by atoms with Crippen LogP contribution in [0.2, 0.25) is 5.02 Å². The Morgan fingerprint density at radius 3 is 2.39 bits per heavy atom. The first kappa shape index (κ1) is 15.4. The number of nitrogens with one attached hydrogen (secondary N) is 2. The van der Waals surface area contributed by atoms with E-state index in [2.05, 4.69) is 10.6 Å². The highest BCUT2D eigenvalue weighted by Gasteiger charge is 2.13. The van der Waals surface area contributed by atoms with Crippen LogP contribution in [0.15, 0.2) is 65.1 Å². The van der Waals surface area contributed by atoms with Gasteiger partial charge in [0.25, 0.3) is 0 Å². The lowest BCUT2D eigenvalue weighted by atomic mass is 10.2. The van der Waals surface area contributed by atoms with Crippen molar-refractivity contribution in [1.82, 2.24) is 0 Å². The van der Waals surface area contributed by atoms with Crippen LogP contribution in [0, 0.1) is 0 Å². The van der Waals surface area contributed by atoms with Gasteiger partial charge in [0.05, 0.1) is 0 Å². The van der Waals surface area contributed by atoms with Crippen LogP contribution in [0.3, 0.4) is 0 Å². The number of para-hydroxylation sites is 1. The van der Waals surface area contributed by atoms with Gasteiger partial charge in [-0.1, -0.05) is 29.8 Å². The minimum Gasteiger partial charge on any atom is -0.503 e. The van der Waals surface area contributed by atoms with Gasteiger partial charge in [0.1, 0.15) is 5.76 Å². The molecule has 0 aliphatic rings. The van der Waals surface area contributed by atoms with Crippen LogP contribution < -0.4 is 10.6 Å². The Morgan fingerprint density at radius 2 is 1.70 bits per heavy atom. The van der Waals surface area contributed by atoms with E-state index in [4.69, 9.17) is 28.2 Å². The summed E-state index contributed by atoms with van der Waals surface area (Å²) in [4.78, 5) is 0. The minimum atomic E-state index is -0.0211. The Bertz CT molecular complexity index is 816. The van der Waals surface area contributed by atoms with Crippen LogP contribution in [0.5, 0.6) is 5.75 Å². The lowest BCUT2D eigenvalue weighted by molar-refractivity contribution is 0.467. The second-order valence-corrected chi connectivity index (χ2v) is 5.62. The molecule has 0 saturated carbocycles. The molecular formula is C17H13ClN2O2S.